The van der Waals surface area contributed by atoms with Gasteiger partial charge in [-0.3, -0.25) is 9.59 Å². The van der Waals surface area contributed by atoms with Gasteiger partial charge in [-0.2, -0.15) is 4.68 Å². The number of halogens is 1. The third kappa shape index (κ3) is 5.43. The summed E-state index contributed by atoms with van der Waals surface area (Å²) in [4.78, 5) is 25.4. The molecular weight excluding hydrogens is 462 g/mol. The zero-order chi connectivity index (χ0) is 24.8. The van der Waals surface area contributed by atoms with Gasteiger partial charge in [0.1, 0.15) is 0 Å². The molecule has 0 aliphatic rings. The molecule has 1 amide bonds. The molecule has 1 heterocycles. The second-order valence-corrected chi connectivity index (χ2v) is 7.71. The number of hydrogen-bond donors (Lipinski definition) is 1. The number of carbonyl (C=O) groups is 1. The number of nitrogens with zero attached hydrogens (tertiary/aromatic N) is 2. The van der Waals surface area contributed by atoms with Crippen molar-refractivity contribution >= 4 is 23.2 Å². The number of aryl methyl sites for hydroxylation is 1. The Labute approximate surface area is 202 Å². The maximum atomic E-state index is 13.0. The van der Waals surface area contributed by atoms with E-state index in [2.05, 4.69) is 10.4 Å². The van der Waals surface area contributed by atoms with E-state index in [4.69, 9.17) is 30.5 Å². The lowest BCUT2D eigenvalue weighted by Gasteiger charge is -2.19. The zero-order valence-corrected chi connectivity index (χ0v) is 20.3. The highest BCUT2D eigenvalue weighted by Crippen LogP contribution is 2.40. The molecule has 0 saturated carbocycles. The Morgan fingerprint density at radius 1 is 1.06 bits per heavy atom. The van der Waals surface area contributed by atoms with Crippen LogP contribution in [0.3, 0.4) is 0 Å². The first-order chi connectivity index (χ1) is 16.3. The number of methoxy groups -OCH3 is 3. The van der Waals surface area contributed by atoms with E-state index < -0.39 is 12.0 Å². The highest BCUT2D eigenvalue weighted by atomic mass is 35.5. The summed E-state index contributed by atoms with van der Waals surface area (Å²) in [5.41, 5.74) is 1.42. The van der Waals surface area contributed by atoms with E-state index in [1.807, 2.05) is 6.92 Å². The minimum absolute atomic E-state index is 0.117. The second-order valence-electron chi connectivity index (χ2n) is 7.27. The Bertz CT molecular complexity index is 1220. The molecule has 1 aromatic heterocycles. The summed E-state index contributed by atoms with van der Waals surface area (Å²) in [6.45, 7) is 3.64. The number of anilines is 1. The Morgan fingerprint density at radius 3 is 2.32 bits per heavy atom. The largest absolute Gasteiger partial charge is 0.493 e. The van der Waals surface area contributed by atoms with Gasteiger partial charge in [-0.25, -0.2) is 0 Å². The fraction of sp³-hybridized carbons (Fsp3) is 0.292. The summed E-state index contributed by atoms with van der Waals surface area (Å²) in [5.74, 6) is 0.920. The number of benzene rings is 2. The first kappa shape index (κ1) is 24.9. The lowest BCUT2D eigenvalue weighted by atomic mass is 10.2. The van der Waals surface area contributed by atoms with Crippen LogP contribution in [-0.2, 0) is 4.79 Å². The predicted octanol–water partition coefficient (Wildman–Crippen LogP) is 4.02. The van der Waals surface area contributed by atoms with Crippen LogP contribution in [0.25, 0.3) is 5.69 Å². The van der Waals surface area contributed by atoms with Crippen LogP contribution in [0.15, 0.2) is 47.3 Å². The van der Waals surface area contributed by atoms with Gasteiger partial charge in [-0.05, 0) is 31.0 Å². The van der Waals surface area contributed by atoms with Crippen LogP contribution < -0.4 is 29.8 Å². The lowest BCUT2D eigenvalue weighted by Crippen LogP contribution is -2.33. The molecule has 0 aliphatic heterocycles. The van der Waals surface area contributed by atoms with Gasteiger partial charge in [0, 0.05) is 35.0 Å². The van der Waals surface area contributed by atoms with E-state index >= 15 is 0 Å². The Morgan fingerprint density at radius 2 is 1.74 bits per heavy atom. The van der Waals surface area contributed by atoms with Gasteiger partial charge in [0.15, 0.2) is 17.6 Å². The van der Waals surface area contributed by atoms with Crippen molar-refractivity contribution in [2.75, 3.05) is 26.6 Å². The summed E-state index contributed by atoms with van der Waals surface area (Å²) in [6.07, 6.45) is -0.522. The fourth-order valence-corrected chi connectivity index (χ4v) is 3.45. The maximum Gasteiger partial charge on any atom is 0.271 e. The molecule has 0 saturated heterocycles. The van der Waals surface area contributed by atoms with Gasteiger partial charge >= 0.3 is 0 Å². The average Bonchev–Trinajstić information content (AvgIpc) is 2.84. The van der Waals surface area contributed by atoms with E-state index in [0.717, 1.165) is 5.56 Å². The van der Waals surface area contributed by atoms with Crippen molar-refractivity contribution < 1.29 is 23.7 Å². The van der Waals surface area contributed by atoms with Gasteiger partial charge in [-0.15, -0.1) is 5.10 Å². The van der Waals surface area contributed by atoms with Crippen molar-refractivity contribution in [1.82, 2.24) is 9.78 Å². The van der Waals surface area contributed by atoms with Crippen LogP contribution in [0, 0.1) is 6.92 Å². The van der Waals surface area contributed by atoms with E-state index in [0.29, 0.717) is 40.1 Å². The lowest BCUT2D eigenvalue weighted by molar-refractivity contribution is -0.123. The topological polar surface area (TPSA) is 101 Å². The van der Waals surface area contributed by atoms with Crippen molar-refractivity contribution in [3.8, 4) is 28.8 Å². The number of hydrogen-bond acceptors (Lipinski definition) is 7. The predicted molar refractivity (Wildman–Crippen MR) is 129 cm³/mol. The molecule has 3 aromatic rings. The molecule has 0 bridgehead atoms. The number of aromatic nitrogens is 2. The molecule has 0 unspecified atom stereocenters. The Kier molecular flexibility index (Phi) is 8.01. The fourth-order valence-electron chi connectivity index (χ4n) is 3.28. The van der Waals surface area contributed by atoms with Gasteiger partial charge in [0.2, 0.25) is 11.6 Å². The highest BCUT2D eigenvalue weighted by Gasteiger charge is 2.22. The summed E-state index contributed by atoms with van der Waals surface area (Å²) in [7, 11) is 4.48. The van der Waals surface area contributed by atoms with Crippen LogP contribution in [0.4, 0.5) is 5.69 Å². The van der Waals surface area contributed by atoms with Gasteiger partial charge in [0.25, 0.3) is 11.5 Å². The monoisotopic (exact) mass is 487 g/mol. The van der Waals surface area contributed by atoms with Crippen LogP contribution in [-0.4, -0.2) is 43.1 Å². The smallest absolute Gasteiger partial charge is 0.271 e. The number of rotatable bonds is 9. The number of ether oxygens (including phenoxy) is 4. The Balaban J connectivity index is 1.85. The molecule has 1 N–H and O–H groups in total. The minimum Gasteiger partial charge on any atom is -0.493 e. The van der Waals surface area contributed by atoms with Gasteiger partial charge in [-0.1, -0.05) is 24.6 Å². The molecule has 180 valence electrons. The maximum absolute atomic E-state index is 13.0. The Hall–Kier alpha value is -3.72. The molecule has 2 aromatic carbocycles. The molecule has 3 rings (SSSR count). The third-order valence-corrected chi connectivity index (χ3v) is 5.27. The van der Waals surface area contributed by atoms with Crippen molar-refractivity contribution in [3.05, 3.63) is 63.4 Å². The molecule has 0 radical (unpaired) electrons. The SMILES string of the molecule is CC[C@@H](Oc1ccc(=O)n(-c2cc(Cl)ccc2C)n1)C(=O)Nc1cc(OC)c(OC)c(OC)c1. The third-order valence-electron chi connectivity index (χ3n) is 5.03. The molecule has 1 atom stereocenters. The molecule has 34 heavy (non-hydrogen) atoms. The highest BCUT2D eigenvalue weighted by molar-refractivity contribution is 6.30. The van der Waals surface area contributed by atoms with Crippen LogP contribution in [0.2, 0.25) is 5.02 Å². The van der Waals surface area contributed by atoms with E-state index in [1.165, 1.54) is 38.1 Å². The number of nitrogens with one attached hydrogen (secondary N) is 1. The molecule has 0 aliphatic carbocycles. The van der Waals surface area contributed by atoms with Crippen molar-refractivity contribution in [1.29, 1.82) is 0 Å². The molecular formula is C24H26ClN3O6. The molecule has 9 nitrogen and oxygen atoms in total. The van der Waals surface area contributed by atoms with Crippen LogP contribution in [0.5, 0.6) is 23.1 Å². The number of amides is 1. The standard InChI is InChI=1S/C24H26ClN3O6/c1-6-18(24(30)26-16-12-19(31-3)23(33-5)20(13-16)32-4)34-21-9-10-22(29)28(27-21)17-11-15(25)8-7-14(17)2/h7-13,18H,6H2,1-5H3,(H,26,30)/t18-/m1/s1. The van der Waals surface area contributed by atoms with Gasteiger partial charge in [0.05, 0.1) is 27.0 Å². The summed E-state index contributed by atoms with van der Waals surface area (Å²) >= 11 is 6.09. The zero-order valence-electron chi connectivity index (χ0n) is 19.5. The normalized spacial score (nSPS) is 11.5. The van der Waals surface area contributed by atoms with E-state index in [-0.39, 0.29) is 11.4 Å². The number of carbonyl (C=O) groups excluding carboxylic acids is 1. The second kappa shape index (κ2) is 10.9. The minimum atomic E-state index is -0.877. The summed E-state index contributed by atoms with van der Waals surface area (Å²) in [5, 5.41) is 7.55. The molecule has 0 fully saturated rings. The van der Waals surface area contributed by atoms with Crippen molar-refractivity contribution in [2.24, 2.45) is 0 Å². The summed E-state index contributed by atoms with van der Waals surface area (Å²) in [6, 6.07) is 11.1. The van der Waals surface area contributed by atoms with Gasteiger partial charge < -0.3 is 24.3 Å². The quantitative estimate of drug-likeness (QED) is 0.486. The van der Waals surface area contributed by atoms with Crippen molar-refractivity contribution in [3.63, 3.8) is 0 Å². The summed E-state index contributed by atoms with van der Waals surface area (Å²) < 4.78 is 23.0. The van der Waals surface area contributed by atoms with Crippen molar-refractivity contribution in [2.45, 2.75) is 26.4 Å². The molecule has 10 heteroatoms. The van der Waals surface area contributed by atoms with Crippen LogP contribution in [0.1, 0.15) is 18.9 Å². The van der Waals surface area contributed by atoms with E-state index in [9.17, 15) is 9.59 Å². The van der Waals surface area contributed by atoms with E-state index in [1.54, 1.807) is 37.3 Å². The van der Waals surface area contributed by atoms with Crippen LogP contribution >= 0.6 is 11.6 Å². The average molecular weight is 488 g/mol. The first-order valence-electron chi connectivity index (χ1n) is 10.5. The first-order valence-corrected chi connectivity index (χ1v) is 10.8. The molecule has 0 spiro atoms.